The third-order valence-corrected chi connectivity index (χ3v) is 6.09. The van der Waals surface area contributed by atoms with E-state index in [2.05, 4.69) is 15.5 Å². The molecule has 0 radical (unpaired) electrons. The first-order valence-electron chi connectivity index (χ1n) is 9.08. The SMILES string of the molecule is CC(C)Cn1c(=O)c2sccc2n2c(SCC(=O)Nc3ccc(F)cc3F)nnc12. The Labute approximate surface area is 177 Å². The van der Waals surface area contributed by atoms with E-state index in [9.17, 15) is 18.4 Å². The summed E-state index contributed by atoms with van der Waals surface area (Å²) in [4.78, 5) is 25.1. The van der Waals surface area contributed by atoms with Crippen molar-refractivity contribution >= 4 is 50.7 Å². The van der Waals surface area contributed by atoms with Gasteiger partial charge in [-0.25, -0.2) is 8.78 Å². The normalized spacial score (nSPS) is 11.6. The topological polar surface area (TPSA) is 81.3 Å². The van der Waals surface area contributed by atoms with Crippen LogP contribution in [0.3, 0.4) is 0 Å². The Morgan fingerprint density at radius 2 is 2.07 bits per heavy atom. The zero-order valence-electron chi connectivity index (χ0n) is 16.1. The van der Waals surface area contributed by atoms with Crippen LogP contribution in [-0.4, -0.2) is 30.8 Å². The van der Waals surface area contributed by atoms with E-state index < -0.39 is 17.5 Å². The first kappa shape index (κ1) is 20.5. The number of aromatic nitrogens is 4. The molecule has 0 fully saturated rings. The Morgan fingerprint density at radius 1 is 1.27 bits per heavy atom. The Morgan fingerprint density at radius 3 is 2.80 bits per heavy atom. The molecule has 0 saturated carbocycles. The van der Waals surface area contributed by atoms with Crippen molar-refractivity contribution in [2.24, 2.45) is 5.92 Å². The van der Waals surface area contributed by atoms with Gasteiger partial charge < -0.3 is 5.32 Å². The van der Waals surface area contributed by atoms with Crippen LogP contribution in [-0.2, 0) is 11.3 Å². The van der Waals surface area contributed by atoms with Crippen molar-refractivity contribution in [3.63, 3.8) is 0 Å². The van der Waals surface area contributed by atoms with Crippen LogP contribution >= 0.6 is 23.1 Å². The van der Waals surface area contributed by atoms with E-state index >= 15 is 0 Å². The van der Waals surface area contributed by atoms with E-state index in [0.29, 0.717) is 33.8 Å². The number of halogens is 2. The van der Waals surface area contributed by atoms with Crippen LogP contribution in [0.15, 0.2) is 39.6 Å². The molecule has 3 heterocycles. The molecule has 11 heteroatoms. The predicted molar refractivity (Wildman–Crippen MR) is 113 cm³/mol. The fourth-order valence-corrected chi connectivity index (χ4v) is 4.59. The van der Waals surface area contributed by atoms with Crippen LogP contribution in [0.4, 0.5) is 14.5 Å². The first-order valence-corrected chi connectivity index (χ1v) is 10.9. The monoisotopic (exact) mass is 449 g/mol. The number of carbonyl (C=O) groups is 1. The summed E-state index contributed by atoms with van der Waals surface area (Å²) >= 11 is 2.46. The number of benzene rings is 1. The number of amides is 1. The molecule has 156 valence electrons. The summed E-state index contributed by atoms with van der Waals surface area (Å²) in [6.07, 6.45) is 0. The van der Waals surface area contributed by atoms with E-state index in [1.54, 1.807) is 8.97 Å². The summed E-state index contributed by atoms with van der Waals surface area (Å²) < 4.78 is 30.7. The summed E-state index contributed by atoms with van der Waals surface area (Å²) in [5, 5.41) is 13.0. The quantitative estimate of drug-likeness (QED) is 0.453. The molecule has 0 bridgehead atoms. The van der Waals surface area contributed by atoms with E-state index in [4.69, 9.17) is 0 Å². The molecule has 4 aromatic rings. The number of nitrogens with zero attached hydrogens (tertiary/aromatic N) is 4. The zero-order valence-corrected chi connectivity index (χ0v) is 17.7. The summed E-state index contributed by atoms with van der Waals surface area (Å²) in [6, 6.07) is 4.75. The molecule has 0 aliphatic rings. The van der Waals surface area contributed by atoms with E-state index in [1.807, 2.05) is 25.3 Å². The van der Waals surface area contributed by atoms with Gasteiger partial charge in [0.05, 0.1) is 17.0 Å². The van der Waals surface area contributed by atoms with Gasteiger partial charge in [-0.1, -0.05) is 25.6 Å². The molecule has 7 nitrogen and oxygen atoms in total. The lowest BCUT2D eigenvalue weighted by Crippen LogP contribution is -2.24. The maximum absolute atomic E-state index is 13.7. The summed E-state index contributed by atoms with van der Waals surface area (Å²) in [6.45, 7) is 4.50. The van der Waals surface area contributed by atoms with Gasteiger partial charge in [-0.2, -0.15) is 0 Å². The maximum Gasteiger partial charge on any atom is 0.272 e. The number of rotatable bonds is 6. The van der Waals surface area contributed by atoms with Crippen LogP contribution in [0.1, 0.15) is 13.8 Å². The van der Waals surface area contributed by atoms with Crippen molar-refractivity contribution in [1.29, 1.82) is 0 Å². The minimum atomic E-state index is -0.848. The summed E-state index contributed by atoms with van der Waals surface area (Å²) in [5.74, 6) is -1.47. The number of hydrogen-bond acceptors (Lipinski definition) is 6. The van der Waals surface area contributed by atoms with Gasteiger partial charge in [0.1, 0.15) is 16.3 Å². The van der Waals surface area contributed by atoms with Crippen LogP contribution in [0.25, 0.3) is 16.0 Å². The molecule has 0 atom stereocenters. The lowest BCUT2D eigenvalue weighted by molar-refractivity contribution is -0.113. The zero-order chi connectivity index (χ0) is 21.4. The Hall–Kier alpha value is -2.79. The Kier molecular flexibility index (Phi) is 5.56. The highest BCUT2D eigenvalue weighted by molar-refractivity contribution is 7.99. The van der Waals surface area contributed by atoms with Gasteiger partial charge in [0.2, 0.25) is 11.7 Å². The smallest absolute Gasteiger partial charge is 0.272 e. The number of fused-ring (bicyclic) bond motifs is 3. The second-order valence-corrected chi connectivity index (χ2v) is 8.88. The number of nitrogens with one attached hydrogen (secondary N) is 1. The molecule has 1 amide bonds. The third kappa shape index (κ3) is 3.82. The number of hydrogen-bond donors (Lipinski definition) is 1. The van der Waals surface area contributed by atoms with Crippen LogP contribution in [0.2, 0.25) is 0 Å². The Bertz CT molecular complexity index is 1310. The summed E-state index contributed by atoms with van der Waals surface area (Å²) in [7, 11) is 0. The molecule has 3 aromatic heterocycles. The molecule has 4 rings (SSSR count). The molecule has 1 N–H and O–H groups in total. The minimum Gasteiger partial charge on any atom is -0.323 e. The third-order valence-electron chi connectivity index (χ3n) is 4.27. The average Bonchev–Trinajstić information content (AvgIpc) is 3.32. The molecule has 0 unspecified atom stereocenters. The molecular weight excluding hydrogens is 432 g/mol. The molecule has 0 spiro atoms. The van der Waals surface area contributed by atoms with Gasteiger partial charge in [-0.3, -0.25) is 18.6 Å². The van der Waals surface area contributed by atoms with Crippen molar-refractivity contribution in [1.82, 2.24) is 19.2 Å². The van der Waals surface area contributed by atoms with Crippen LogP contribution < -0.4 is 10.9 Å². The Balaban J connectivity index is 1.63. The molecule has 0 saturated heterocycles. The maximum atomic E-state index is 13.7. The molecule has 1 aromatic carbocycles. The van der Waals surface area contributed by atoms with Crippen molar-refractivity contribution in [2.45, 2.75) is 25.5 Å². The van der Waals surface area contributed by atoms with E-state index in [1.165, 1.54) is 17.4 Å². The fraction of sp³-hybridized carbons (Fsp3) is 0.263. The summed E-state index contributed by atoms with van der Waals surface area (Å²) in [5.41, 5.74) is 0.464. The van der Waals surface area contributed by atoms with Gasteiger partial charge in [0, 0.05) is 12.6 Å². The number of anilines is 1. The highest BCUT2D eigenvalue weighted by Crippen LogP contribution is 2.25. The number of thioether (sulfide) groups is 1. The minimum absolute atomic E-state index is 0.0629. The number of thiophene rings is 1. The molecule has 0 aliphatic carbocycles. The van der Waals surface area contributed by atoms with E-state index in [0.717, 1.165) is 17.8 Å². The van der Waals surface area contributed by atoms with Crippen molar-refractivity contribution in [3.8, 4) is 0 Å². The van der Waals surface area contributed by atoms with Gasteiger partial charge >= 0.3 is 0 Å². The van der Waals surface area contributed by atoms with Gasteiger partial charge in [0.15, 0.2) is 5.16 Å². The predicted octanol–water partition coefficient (Wildman–Crippen LogP) is 3.77. The van der Waals surface area contributed by atoms with Gasteiger partial charge in [-0.15, -0.1) is 21.5 Å². The standard InChI is InChI=1S/C19H17F2N5O2S2/c1-10(2)8-25-17(28)16-14(5-6-29-16)26-18(25)23-24-19(26)30-9-15(27)22-13-4-3-11(20)7-12(13)21/h3-7,10H,8-9H2,1-2H3,(H,22,27). The molecule has 30 heavy (non-hydrogen) atoms. The largest absolute Gasteiger partial charge is 0.323 e. The molecule has 0 aliphatic heterocycles. The average molecular weight is 450 g/mol. The second kappa shape index (κ2) is 8.15. The van der Waals surface area contributed by atoms with Crippen molar-refractivity contribution in [2.75, 3.05) is 11.1 Å². The lowest BCUT2D eigenvalue weighted by Gasteiger charge is -2.11. The second-order valence-electron chi connectivity index (χ2n) is 7.02. The van der Waals surface area contributed by atoms with Crippen LogP contribution in [0, 0.1) is 17.6 Å². The van der Waals surface area contributed by atoms with Crippen LogP contribution in [0.5, 0.6) is 0 Å². The first-order chi connectivity index (χ1) is 14.3. The highest BCUT2D eigenvalue weighted by atomic mass is 32.2. The molecular formula is C19H17F2N5O2S2. The van der Waals surface area contributed by atoms with Gasteiger partial charge in [-0.05, 0) is 29.5 Å². The highest BCUT2D eigenvalue weighted by Gasteiger charge is 2.19. The van der Waals surface area contributed by atoms with E-state index in [-0.39, 0.29) is 22.9 Å². The number of carbonyl (C=O) groups excluding carboxylic acids is 1. The fourth-order valence-electron chi connectivity index (χ4n) is 3.03. The van der Waals surface area contributed by atoms with Gasteiger partial charge in [0.25, 0.3) is 5.56 Å². The van der Waals surface area contributed by atoms with Crippen molar-refractivity contribution in [3.05, 3.63) is 51.6 Å². The van der Waals surface area contributed by atoms with Crippen molar-refractivity contribution < 1.29 is 13.6 Å². The lowest BCUT2D eigenvalue weighted by atomic mass is 10.2.